The highest BCUT2D eigenvalue weighted by molar-refractivity contribution is 7.19. The summed E-state index contributed by atoms with van der Waals surface area (Å²) in [4.78, 5) is 11.4. The SMILES string of the molecule is Clc1ncc(CNc2cccc(-c3nc(-c4ccccc4)c(-c4ccccc4)s3)c2)s1. The third kappa shape index (κ3) is 4.54. The fourth-order valence-corrected chi connectivity index (χ4v) is 5.34. The van der Waals surface area contributed by atoms with E-state index in [9.17, 15) is 0 Å². The summed E-state index contributed by atoms with van der Waals surface area (Å²) in [6.07, 6.45) is 1.81. The molecule has 0 fully saturated rings. The molecule has 0 spiro atoms. The topological polar surface area (TPSA) is 37.8 Å². The number of hydrogen-bond acceptors (Lipinski definition) is 5. The van der Waals surface area contributed by atoms with Crippen molar-refractivity contribution in [2.24, 2.45) is 0 Å². The van der Waals surface area contributed by atoms with E-state index < -0.39 is 0 Å². The molecule has 2 heterocycles. The van der Waals surface area contributed by atoms with Gasteiger partial charge in [-0.3, -0.25) is 0 Å². The third-order valence-electron chi connectivity index (χ3n) is 4.81. The molecule has 3 aromatic carbocycles. The number of nitrogens with one attached hydrogen (secondary N) is 1. The number of benzene rings is 3. The van der Waals surface area contributed by atoms with Crippen molar-refractivity contribution in [3.8, 4) is 32.3 Å². The van der Waals surface area contributed by atoms with Crippen molar-refractivity contribution >= 4 is 40.0 Å². The van der Waals surface area contributed by atoms with Crippen LogP contribution in [0.3, 0.4) is 0 Å². The zero-order valence-electron chi connectivity index (χ0n) is 16.5. The molecule has 0 radical (unpaired) electrons. The van der Waals surface area contributed by atoms with E-state index in [1.807, 2.05) is 18.3 Å². The molecule has 0 amide bonds. The molecular formula is C25H18ClN3S2. The van der Waals surface area contributed by atoms with E-state index in [-0.39, 0.29) is 0 Å². The average molecular weight is 460 g/mol. The van der Waals surface area contributed by atoms with Gasteiger partial charge in [0.1, 0.15) is 5.01 Å². The molecule has 31 heavy (non-hydrogen) atoms. The Morgan fingerprint density at radius 3 is 2.19 bits per heavy atom. The van der Waals surface area contributed by atoms with Crippen LogP contribution < -0.4 is 5.32 Å². The van der Waals surface area contributed by atoms with Gasteiger partial charge in [0, 0.05) is 27.9 Å². The molecule has 5 rings (SSSR count). The highest BCUT2D eigenvalue weighted by atomic mass is 35.5. The fourth-order valence-electron chi connectivity index (χ4n) is 3.34. The summed E-state index contributed by atoms with van der Waals surface area (Å²) in [6, 6.07) is 29.2. The van der Waals surface area contributed by atoms with Gasteiger partial charge in [-0.2, -0.15) is 0 Å². The molecule has 2 aromatic heterocycles. The van der Waals surface area contributed by atoms with Crippen molar-refractivity contribution in [2.45, 2.75) is 6.54 Å². The van der Waals surface area contributed by atoms with Gasteiger partial charge in [-0.15, -0.1) is 22.7 Å². The summed E-state index contributed by atoms with van der Waals surface area (Å²) in [5.41, 5.74) is 5.46. The Hall–Kier alpha value is -2.99. The third-order valence-corrected chi connectivity index (χ3v) is 7.08. The van der Waals surface area contributed by atoms with E-state index >= 15 is 0 Å². The van der Waals surface area contributed by atoms with Gasteiger partial charge in [0.2, 0.25) is 0 Å². The largest absolute Gasteiger partial charge is 0.380 e. The summed E-state index contributed by atoms with van der Waals surface area (Å²) >= 11 is 9.15. The molecule has 0 aliphatic carbocycles. The molecule has 1 N–H and O–H groups in total. The van der Waals surface area contributed by atoms with Crippen LogP contribution in [-0.2, 0) is 6.54 Å². The van der Waals surface area contributed by atoms with Crippen molar-refractivity contribution in [3.05, 3.63) is 100 Å². The van der Waals surface area contributed by atoms with Gasteiger partial charge < -0.3 is 5.32 Å². The lowest BCUT2D eigenvalue weighted by Gasteiger charge is -2.06. The van der Waals surface area contributed by atoms with E-state index in [4.69, 9.17) is 16.6 Å². The van der Waals surface area contributed by atoms with Crippen LogP contribution in [0.25, 0.3) is 32.3 Å². The zero-order valence-corrected chi connectivity index (χ0v) is 18.8. The summed E-state index contributed by atoms with van der Waals surface area (Å²) in [7, 11) is 0. The predicted molar refractivity (Wildman–Crippen MR) is 133 cm³/mol. The molecule has 0 aliphatic heterocycles. The van der Waals surface area contributed by atoms with Gasteiger partial charge in [0.15, 0.2) is 4.47 Å². The minimum absolute atomic E-state index is 0.565. The fraction of sp³-hybridized carbons (Fsp3) is 0.0400. The van der Waals surface area contributed by atoms with Crippen LogP contribution in [0.2, 0.25) is 4.47 Å². The number of rotatable bonds is 6. The lowest BCUT2D eigenvalue weighted by atomic mass is 10.1. The summed E-state index contributed by atoms with van der Waals surface area (Å²) in [5, 5.41) is 4.46. The zero-order chi connectivity index (χ0) is 21.0. The van der Waals surface area contributed by atoms with Gasteiger partial charge in [-0.25, -0.2) is 9.97 Å². The first-order valence-corrected chi connectivity index (χ1v) is 11.8. The Morgan fingerprint density at radius 1 is 0.774 bits per heavy atom. The van der Waals surface area contributed by atoms with Crippen LogP contribution in [0.4, 0.5) is 5.69 Å². The van der Waals surface area contributed by atoms with Gasteiger partial charge in [-0.05, 0) is 17.7 Å². The Labute approximate surface area is 194 Å². The van der Waals surface area contributed by atoms with Gasteiger partial charge >= 0.3 is 0 Å². The molecular weight excluding hydrogens is 442 g/mol. The minimum atomic E-state index is 0.565. The molecule has 0 saturated carbocycles. The molecule has 152 valence electrons. The minimum Gasteiger partial charge on any atom is -0.380 e. The number of halogens is 1. The number of thiazole rings is 2. The first kappa shape index (κ1) is 19.9. The highest BCUT2D eigenvalue weighted by Crippen LogP contribution is 2.40. The Balaban J connectivity index is 1.50. The summed E-state index contributed by atoms with van der Waals surface area (Å²) in [6.45, 7) is 0.691. The maximum atomic E-state index is 5.94. The molecule has 0 aliphatic rings. The van der Waals surface area contributed by atoms with Crippen molar-refractivity contribution in [1.82, 2.24) is 9.97 Å². The molecule has 0 atom stereocenters. The molecule has 0 saturated heterocycles. The van der Waals surface area contributed by atoms with Gasteiger partial charge in [0.05, 0.1) is 17.1 Å². The highest BCUT2D eigenvalue weighted by Gasteiger charge is 2.16. The van der Waals surface area contributed by atoms with Crippen LogP contribution in [-0.4, -0.2) is 9.97 Å². The lowest BCUT2D eigenvalue weighted by Crippen LogP contribution is -1.97. The van der Waals surface area contributed by atoms with Crippen molar-refractivity contribution in [3.63, 3.8) is 0 Å². The first-order chi connectivity index (χ1) is 15.3. The van der Waals surface area contributed by atoms with E-state index in [0.717, 1.165) is 32.4 Å². The van der Waals surface area contributed by atoms with Crippen molar-refractivity contribution in [2.75, 3.05) is 5.32 Å². The predicted octanol–water partition coefficient (Wildman–Crippen LogP) is 7.87. The smallest absolute Gasteiger partial charge is 0.183 e. The van der Waals surface area contributed by atoms with Crippen LogP contribution in [0.5, 0.6) is 0 Å². The Bertz CT molecular complexity index is 1240. The van der Waals surface area contributed by atoms with Crippen LogP contribution in [0, 0.1) is 0 Å². The summed E-state index contributed by atoms with van der Waals surface area (Å²) in [5.74, 6) is 0. The van der Waals surface area contributed by atoms with Crippen LogP contribution in [0.15, 0.2) is 91.1 Å². The monoisotopic (exact) mass is 459 g/mol. The number of aromatic nitrogens is 2. The standard InChI is InChI=1S/C25H18ClN3S2/c26-25-28-16-21(30-25)15-27-20-13-7-12-19(14-20)24-29-22(17-8-3-1-4-9-17)23(31-24)18-10-5-2-6-11-18/h1-14,16,27H,15H2. The molecule has 0 bridgehead atoms. The van der Waals surface area contributed by atoms with Gasteiger partial charge in [0.25, 0.3) is 0 Å². The van der Waals surface area contributed by atoms with E-state index in [1.165, 1.54) is 21.8 Å². The Morgan fingerprint density at radius 2 is 1.48 bits per heavy atom. The second-order valence-electron chi connectivity index (χ2n) is 6.94. The second-order valence-corrected chi connectivity index (χ2v) is 9.64. The molecule has 3 nitrogen and oxygen atoms in total. The summed E-state index contributed by atoms with van der Waals surface area (Å²) < 4.78 is 0.565. The first-order valence-electron chi connectivity index (χ1n) is 9.82. The van der Waals surface area contributed by atoms with Crippen molar-refractivity contribution < 1.29 is 0 Å². The normalized spacial score (nSPS) is 10.9. The maximum Gasteiger partial charge on any atom is 0.183 e. The van der Waals surface area contributed by atoms with Crippen LogP contribution in [0.1, 0.15) is 4.88 Å². The molecule has 5 aromatic rings. The second kappa shape index (κ2) is 9.02. The maximum absolute atomic E-state index is 5.94. The average Bonchev–Trinajstić information content (AvgIpc) is 3.46. The number of anilines is 1. The van der Waals surface area contributed by atoms with E-state index in [0.29, 0.717) is 11.0 Å². The quantitative estimate of drug-likeness (QED) is 0.280. The van der Waals surface area contributed by atoms with Crippen molar-refractivity contribution in [1.29, 1.82) is 0 Å². The Kier molecular flexibility index (Phi) is 5.80. The van der Waals surface area contributed by atoms with E-state index in [2.05, 4.69) is 83.1 Å². The van der Waals surface area contributed by atoms with Crippen LogP contribution >= 0.6 is 34.3 Å². The molecule has 6 heteroatoms. The van der Waals surface area contributed by atoms with Gasteiger partial charge in [-0.1, -0.05) is 84.4 Å². The number of hydrogen-bond donors (Lipinski definition) is 1. The number of nitrogens with zero attached hydrogens (tertiary/aromatic N) is 2. The van der Waals surface area contributed by atoms with E-state index in [1.54, 1.807) is 11.3 Å². The molecule has 0 unspecified atom stereocenters. The lowest BCUT2D eigenvalue weighted by molar-refractivity contribution is 1.17.